The standard InChI is InChI=1S/C16H13NO3S3/c1-20-10-5-3-4-9(6-10)12-8-22-14(17-12)11-7-13(15(18)19)23-16(11)21-2/h3-8H,1-2H3,(H,18,19). The molecule has 0 saturated heterocycles. The van der Waals surface area contributed by atoms with E-state index >= 15 is 0 Å². The molecule has 7 heteroatoms. The van der Waals surface area contributed by atoms with Crippen molar-refractivity contribution in [1.82, 2.24) is 4.98 Å². The van der Waals surface area contributed by atoms with E-state index in [-0.39, 0.29) is 0 Å². The number of benzene rings is 1. The highest BCUT2D eigenvalue weighted by Gasteiger charge is 2.17. The normalized spacial score (nSPS) is 10.7. The SMILES string of the molecule is COc1cccc(-c2csc(-c3cc(C(=O)O)sc3SC)n2)c1. The molecule has 1 aromatic carbocycles. The first-order valence-electron chi connectivity index (χ1n) is 6.64. The van der Waals surface area contributed by atoms with Crippen LogP contribution in [0.4, 0.5) is 0 Å². The molecule has 0 bridgehead atoms. The van der Waals surface area contributed by atoms with Crippen LogP contribution in [0, 0.1) is 0 Å². The Balaban J connectivity index is 2.00. The highest BCUT2D eigenvalue weighted by molar-refractivity contribution is 8.00. The Bertz CT molecular complexity index is 854. The summed E-state index contributed by atoms with van der Waals surface area (Å²) in [7, 11) is 1.63. The van der Waals surface area contributed by atoms with Crippen molar-refractivity contribution in [2.24, 2.45) is 0 Å². The molecule has 23 heavy (non-hydrogen) atoms. The molecule has 3 rings (SSSR count). The van der Waals surface area contributed by atoms with Crippen LogP contribution < -0.4 is 4.74 Å². The monoisotopic (exact) mass is 363 g/mol. The number of thioether (sulfide) groups is 1. The molecule has 0 spiro atoms. The number of hydrogen-bond donors (Lipinski definition) is 1. The Morgan fingerprint density at radius 2 is 2.17 bits per heavy atom. The minimum atomic E-state index is -0.902. The van der Waals surface area contributed by atoms with E-state index < -0.39 is 5.97 Å². The molecule has 0 aliphatic rings. The Labute approximate surface area is 145 Å². The van der Waals surface area contributed by atoms with E-state index in [2.05, 4.69) is 4.98 Å². The summed E-state index contributed by atoms with van der Waals surface area (Å²) in [6.07, 6.45) is 1.94. The second kappa shape index (κ2) is 6.74. The fourth-order valence-electron chi connectivity index (χ4n) is 2.09. The molecule has 118 valence electrons. The number of carboxylic acids is 1. The van der Waals surface area contributed by atoms with Gasteiger partial charge in [0.15, 0.2) is 0 Å². The predicted octanol–water partition coefficient (Wildman–Crippen LogP) is 4.97. The van der Waals surface area contributed by atoms with Crippen molar-refractivity contribution in [2.75, 3.05) is 13.4 Å². The lowest BCUT2D eigenvalue weighted by atomic mass is 10.1. The molecular formula is C16H13NO3S3. The summed E-state index contributed by atoms with van der Waals surface area (Å²) in [6.45, 7) is 0. The van der Waals surface area contributed by atoms with Crippen LogP contribution in [0.1, 0.15) is 9.67 Å². The van der Waals surface area contributed by atoms with Crippen LogP contribution in [0.15, 0.2) is 39.9 Å². The van der Waals surface area contributed by atoms with E-state index in [9.17, 15) is 9.90 Å². The number of carbonyl (C=O) groups is 1. The number of ether oxygens (including phenoxy) is 1. The Hall–Kier alpha value is -1.83. The number of aromatic nitrogens is 1. The van der Waals surface area contributed by atoms with Crippen molar-refractivity contribution in [3.63, 3.8) is 0 Å². The van der Waals surface area contributed by atoms with Gasteiger partial charge in [0.2, 0.25) is 0 Å². The van der Waals surface area contributed by atoms with Gasteiger partial charge in [-0.25, -0.2) is 9.78 Å². The molecule has 4 nitrogen and oxygen atoms in total. The van der Waals surface area contributed by atoms with Gasteiger partial charge in [-0.2, -0.15) is 0 Å². The number of thiophene rings is 1. The molecule has 0 aliphatic heterocycles. The molecule has 3 aromatic rings. The van der Waals surface area contributed by atoms with Gasteiger partial charge in [0.05, 0.1) is 17.0 Å². The van der Waals surface area contributed by atoms with E-state index in [0.29, 0.717) is 4.88 Å². The zero-order valence-corrected chi connectivity index (χ0v) is 14.8. The fourth-order valence-corrected chi connectivity index (χ4v) is 4.78. The van der Waals surface area contributed by atoms with Crippen LogP contribution in [0.3, 0.4) is 0 Å². The van der Waals surface area contributed by atoms with Crippen molar-refractivity contribution in [3.05, 3.63) is 40.6 Å². The number of aromatic carboxylic acids is 1. The minimum Gasteiger partial charge on any atom is -0.497 e. The molecule has 0 radical (unpaired) electrons. The van der Waals surface area contributed by atoms with Crippen molar-refractivity contribution in [2.45, 2.75) is 4.21 Å². The van der Waals surface area contributed by atoms with Gasteiger partial charge in [0.25, 0.3) is 0 Å². The molecule has 0 fully saturated rings. The number of thiazole rings is 1. The van der Waals surface area contributed by atoms with Crippen LogP contribution in [0.2, 0.25) is 0 Å². The smallest absolute Gasteiger partial charge is 0.345 e. The first kappa shape index (κ1) is 16.0. The van der Waals surface area contributed by atoms with E-state index in [4.69, 9.17) is 4.74 Å². The van der Waals surface area contributed by atoms with Crippen molar-refractivity contribution >= 4 is 40.4 Å². The zero-order valence-electron chi connectivity index (χ0n) is 12.4. The van der Waals surface area contributed by atoms with Gasteiger partial charge in [-0.15, -0.1) is 34.4 Å². The fraction of sp³-hybridized carbons (Fsp3) is 0.125. The van der Waals surface area contributed by atoms with Crippen molar-refractivity contribution in [3.8, 4) is 27.6 Å². The maximum absolute atomic E-state index is 11.2. The average molecular weight is 363 g/mol. The second-order valence-electron chi connectivity index (χ2n) is 4.59. The Morgan fingerprint density at radius 1 is 1.35 bits per heavy atom. The van der Waals surface area contributed by atoms with E-state index in [1.807, 2.05) is 35.9 Å². The van der Waals surface area contributed by atoms with E-state index in [0.717, 1.165) is 31.8 Å². The largest absolute Gasteiger partial charge is 0.497 e. The summed E-state index contributed by atoms with van der Waals surface area (Å²) in [5.41, 5.74) is 2.73. The van der Waals surface area contributed by atoms with Gasteiger partial charge in [-0.1, -0.05) is 12.1 Å². The summed E-state index contributed by atoms with van der Waals surface area (Å²) in [5.74, 6) is -0.119. The number of rotatable bonds is 5. The summed E-state index contributed by atoms with van der Waals surface area (Å²) in [5, 5.41) is 12.0. The highest BCUT2D eigenvalue weighted by atomic mass is 32.2. The topological polar surface area (TPSA) is 59.4 Å². The molecule has 2 heterocycles. The third-order valence-electron chi connectivity index (χ3n) is 3.19. The van der Waals surface area contributed by atoms with Crippen LogP contribution in [-0.4, -0.2) is 29.4 Å². The number of carboxylic acid groups (broad SMARTS) is 1. The molecule has 1 N–H and O–H groups in total. The Kier molecular flexibility index (Phi) is 4.70. The van der Waals surface area contributed by atoms with Crippen LogP contribution in [0.25, 0.3) is 21.8 Å². The highest BCUT2D eigenvalue weighted by Crippen LogP contribution is 2.40. The number of methoxy groups -OCH3 is 1. The van der Waals surface area contributed by atoms with Gasteiger partial charge < -0.3 is 9.84 Å². The first-order chi connectivity index (χ1) is 11.1. The van der Waals surface area contributed by atoms with Gasteiger partial charge in [0, 0.05) is 16.5 Å². The second-order valence-corrected chi connectivity index (χ2v) is 7.58. The lowest BCUT2D eigenvalue weighted by Gasteiger charge is -2.01. The van der Waals surface area contributed by atoms with E-state index in [1.165, 1.54) is 22.7 Å². The predicted molar refractivity (Wildman–Crippen MR) is 96.2 cm³/mol. The molecule has 0 atom stereocenters. The lowest BCUT2D eigenvalue weighted by molar-refractivity contribution is 0.0702. The summed E-state index contributed by atoms with van der Waals surface area (Å²) < 4.78 is 6.21. The molecule has 0 saturated carbocycles. The van der Waals surface area contributed by atoms with Gasteiger partial charge in [-0.05, 0) is 24.5 Å². The van der Waals surface area contributed by atoms with Gasteiger partial charge in [-0.3, -0.25) is 0 Å². The molecule has 2 aromatic heterocycles. The molecule has 0 amide bonds. The average Bonchev–Trinajstić information content (AvgIpc) is 3.21. The van der Waals surface area contributed by atoms with Crippen LogP contribution >= 0.6 is 34.4 Å². The first-order valence-corrected chi connectivity index (χ1v) is 9.56. The number of hydrogen-bond acceptors (Lipinski definition) is 6. The maximum Gasteiger partial charge on any atom is 0.345 e. The maximum atomic E-state index is 11.2. The minimum absolute atomic E-state index is 0.336. The van der Waals surface area contributed by atoms with Crippen LogP contribution in [-0.2, 0) is 0 Å². The van der Waals surface area contributed by atoms with Crippen LogP contribution in [0.5, 0.6) is 5.75 Å². The van der Waals surface area contributed by atoms with Gasteiger partial charge >= 0.3 is 5.97 Å². The third kappa shape index (κ3) is 3.26. The number of nitrogens with zero attached hydrogens (tertiary/aromatic N) is 1. The molecule has 0 aliphatic carbocycles. The summed E-state index contributed by atoms with van der Waals surface area (Å²) >= 11 is 4.34. The zero-order chi connectivity index (χ0) is 16.4. The van der Waals surface area contributed by atoms with Gasteiger partial charge in [0.1, 0.15) is 15.6 Å². The molecule has 0 unspecified atom stereocenters. The Morgan fingerprint density at radius 3 is 2.87 bits per heavy atom. The van der Waals surface area contributed by atoms with Crippen molar-refractivity contribution < 1.29 is 14.6 Å². The lowest BCUT2D eigenvalue weighted by Crippen LogP contribution is -1.89. The van der Waals surface area contributed by atoms with E-state index in [1.54, 1.807) is 24.9 Å². The van der Waals surface area contributed by atoms with Crippen molar-refractivity contribution in [1.29, 1.82) is 0 Å². The third-order valence-corrected chi connectivity index (χ3v) is 6.33. The summed E-state index contributed by atoms with van der Waals surface area (Å²) in [4.78, 5) is 16.2. The molecular weight excluding hydrogens is 350 g/mol. The summed E-state index contributed by atoms with van der Waals surface area (Å²) in [6, 6.07) is 9.43. The quantitative estimate of drug-likeness (QED) is 0.649.